The third-order valence-electron chi connectivity index (χ3n) is 5.64. The van der Waals surface area contributed by atoms with Crippen LogP contribution in [0.4, 0.5) is 0 Å². The van der Waals surface area contributed by atoms with E-state index < -0.39 is 39.6 Å². The lowest BCUT2D eigenvalue weighted by Gasteiger charge is -2.26. The molecular weight excluding hydrogens is 476 g/mol. The van der Waals surface area contributed by atoms with Gasteiger partial charge in [0.15, 0.2) is 0 Å². The molecule has 0 aromatic rings. The molecule has 14 heteroatoms. The lowest BCUT2D eigenvalue weighted by molar-refractivity contribution is -0.198. The minimum atomic E-state index is -5.03. The summed E-state index contributed by atoms with van der Waals surface area (Å²) in [6.45, 7) is 2.40. The van der Waals surface area contributed by atoms with Crippen molar-refractivity contribution in [2.24, 2.45) is 11.8 Å². The van der Waals surface area contributed by atoms with Gasteiger partial charge in [-0.15, -0.1) is 5.06 Å². The maximum absolute atomic E-state index is 12.1. The van der Waals surface area contributed by atoms with Gasteiger partial charge in [-0.2, -0.15) is 0 Å². The van der Waals surface area contributed by atoms with Crippen LogP contribution in [0.25, 0.3) is 0 Å². The molecule has 1 aliphatic carbocycles. The monoisotopic (exact) mass is 505 g/mol. The highest BCUT2D eigenvalue weighted by atomic mass is 32.2. The number of carbonyl (C=O) groups excluding carboxylic acids is 5. The van der Waals surface area contributed by atoms with Crippen LogP contribution in [0.5, 0.6) is 0 Å². The Balaban J connectivity index is 1.49. The van der Waals surface area contributed by atoms with E-state index in [0.717, 1.165) is 12.8 Å². The molecule has 1 atom stereocenters. The highest BCUT2D eigenvalue weighted by Gasteiger charge is 2.45. The van der Waals surface area contributed by atoms with Crippen LogP contribution in [0.1, 0.15) is 45.4 Å². The number of Topliss-reactive ketones (excluding diaryl/α,β-unsaturated/α-hetero) is 1. The summed E-state index contributed by atoms with van der Waals surface area (Å²) in [5.41, 5.74) is 0. The van der Waals surface area contributed by atoms with Crippen LogP contribution < -0.4 is 5.32 Å². The zero-order valence-electron chi connectivity index (χ0n) is 18.9. The number of hydroxylamine groups is 2. The minimum absolute atomic E-state index is 0.00513. The Morgan fingerprint density at radius 2 is 1.59 bits per heavy atom. The molecule has 2 fully saturated rings. The van der Waals surface area contributed by atoms with Crippen molar-refractivity contribution in [2.45, 2.75) is 50.7 Å². The molecule has 0 aromatic carbocycles. The van der Waals surface area contributed by atoms with Gasteiger partial charge in [0.05, 0.1) is 39.3 Å². The molecule has 3 amide bonds. The number of imide groups is 1. The molecule has 0 bridgehead atoms. The van der Waals surface area contributed by atoms with Crippen LogP contribution in [0.15, 0.2) is 0 Å². The van der Waals surface area contributed by atoms with Gasteiger partial charge in [0, 0.05) is 18.4 Å². The molecule has 1 aliphatic heterocycles. The van der Waals surface area contributed by atoms with Gasteiger partial charge in [0.25, 0.3) is 11.8 Å². The molecule has 1 saturated carbocycles. The molecule has 2 aliphatic rings. The van der Waals surface area contributed by atoms with Gasteiger partial charge in [0.2, 0.25) is 5.91 Å². The molecule has 2 rings (SSSR count). The molecule has 192 valence electrons. The van der Waals surface area contributed by atoms with Crippen molar-refractivity contribution in [1.82, 2.24) is 10.4 Å². The fraction of sp³-hybridized carbons (Fsp3) is 0.750. The predicted octanol–water partition coefficient (Wildman–Crippen LogP) is -0.948. The molecule has 1 unspecified atom stereocenters. The number of hydrogen-bond donors (Lipinski definition) is 1. The molecule has 0 spiro atoms. The number of ketones is 1. The number of hydrogen-bond acceptors (Lipinski definition) is 11. The maximum atomic E-state index is 12.1. The van der Waals surface area contributed by atoms with Gasteiger partial charge in [0.1, 0.15) is 21.2 Å². The van der Waals surface area contributed by atoms with E-state index in [1.54, 1.807) is 6.92 Å². The first-order valence-corrected chi connectivity index (χ1v) is 12.4. The van der Waals surface area contributed by atoms with Crippen molar-refractivity contribution < 1.29 is 51.3 Å². The number of nitrogens with zero attached hydrogens (tertiary/aromatic N) is 1. The van der Waals surface area contributed by atoms with Crippen LogP contribution in [-0.4, -0.2) is 85.7 Å². The normalized spacial score (nSPS) is 23.1. The van der Waals surface area contributed by atoms with Crippen molar-refractivity contribution in [3.8, 4) is 0 Å². The van der Waals surface area contributed by atoms with Gasteiger partial charge < -0.3 is 24.2 Å². The topological polar surface area (TPSA) is 186 Å². The molecule has 13 nitrogen and oxygen atoms in total. The van der Waals surface area contributed by atoms with Crippen molar-refractivity contribution in [3.63, 3.8) is 0 Å². The zero-order valence-corrected chi connectivity index (χ0v) is 19.7. The number of amides is 3. The van der Waals surface area contributed by atoms with Crippen LogP contribution in [0, 0.1) is 11.8 Å². The van der Waals surface area contributed by atoms with Gasteiger partial charge >= 0.3 is 5.97 Å². The zero-order chi connectivity index (χ0) is 25.3. The fourth-order valence-corrected chi connectivity index (χ4v) is 4.37. The second-order valence-electron chi connectivity index (χ2n) is 8.10. The highest BCUT2D eigenvalue weighted by molar-refractivity contribution is 7.87. The molecule has 1 saturated heterocycles. The molecule has 34 heavy (non-hydrogen) atoms. The Morgan fingerprint density at radius 1 is 1.00 bits per heavy atom. The molecule has 1 N–H and O–H groups in total. The van der Waals surface area contributed by atoms with Gasteiger partial charge in [-0.05, 0) is 32.6 Å². The van der Waals surface area contributed by atoms with Crippen LogP contribution in [-0.2, 0) is 48.4 Å². The first kappa shape index (κ1) is 27.8. The predicted molar refractivity (Wildman–Crippen MR) is 111 cm³/mol. The Morgan fingerprint density at radius 3 is 2.15 bits per heavy atom. The van der Waals surface area contributed by atoms with E-state index in [-0.39, 0.29) is 61.4 Å². The quantitative estimate of drug-likeness (QED) is 0.185. The van der Waals surface area contributed by atoms with Crippen molar-refractivity contribution in [2.75, 3.05) is 33.0 Å². The lowest BCUT2D eigenvalue weighted by atomic mass is 9.80. The standard InChI is InChI=1S/C20H30N2O11S/c1-13(23)14-2-4-15(5-3-14)19(26)21-7-9-32-11-10-31-8-6-18(25)33-22-17(24)12-16(20(22)27)34(28,29)30/h14-16H,2-12H2,1H3,(H,21,26)(H,28,29,30)/p-1. The van der Waals surface area contributed by atoms with E-state index in [9.17, 15) is 36.9 Å². The van der Waals surface area contributed by atoms with E-state index in [1.807, 2.05) is 0 Å². The van der Waals surface area contributed by atoms with Crippen LogP contribution >= 0.6 is 0 Å². The molecule has 1 heterocycles. The third kappa shape index (κ3) is 8.42. The summed E-state index contributed by atoms with van der Waals surface area (Å²) in [6, 6.07) is 0. The summed E-state index contributed by atoms with van der Waals surface area (Å²) in [4.78, 5) is 63.1. The lowest BCUT2D eigenvalue weighted by Crippen LogP contribution is -2.37. The molecule has 0 aromatic heterocycles. The first-order chi connectivity index (χ1) is 16.0. The Bertz CT molecular complexity index is 881. The first-order valence-electron chi connectivity index (χ1n) is 11.0. The largest absolute Gasteiger partial charge is 0.747 e. The molecular formula is C20H29N2O11S-. The summed E-state index contributed by atoms with van der Waals surface area (Å²) in [5.74, 6) is -3.38. The highest BCUT2D eigenvalue weighted by Crippen LogP contribution is 2.29. The number of rotatable bonds is 13. The molecule has 0 radical (unpaired) electrons. The summed E-state index contributed by atoms with van der Waals surface area (Å²) in [5, 5.41) is 0.704. The summed E-state index contributed by atoms with van der Waals surface area (Å²) in [7, 11) is -5.03. The fourth-order valence-electron chi connectivity index (χ4n) is 3.68. The van der Waals surface area contributed by atoms with Gasteiger partial charge in [-0.25, -0.2) is 13.2 Å². The van der Waals surface area contributed by atoms with E-state index in [0.29, 0.717) is 19.4 Å². The maximum Gasteiger partial charge on any atom is 0.335 e. The van der Waals surface area contributed by atoms with Crippen molar-refractivity contribution >= 4 is 39.6 Å². The van der Waals surface area contributed by atoms with Gasteiger partial charge in [-0.3, -0.25) is 19.2 Å². The SMILES string of the molecule is CC(=O)C1CCC(C(=O)NCCOCCOCCC(=O)ON2C(=O)CC(S(=O)(=O)[O-])C2=O)CC1. The minimum Gasteiger partial charge on any atom is -0.747 e. The second-order valence-corrected chi connectivity index (χ2v) is 9.65. The van der Waals surface area contributed by atoms with E-state index in [2.05, 4.69) is 10.2 Å². The summed E-state index contributed by atoms with van der Waals surface area (Å²) in [6.07, 6.45) is 1.68. The van der Waals surface area contributed by atoms with Gasteiger partial charge in [-0.1, -0.05) is 0 Å². The average molecular weight is 506 g/mol. The summed E-state index contributed by atoms with van der Waals surface area (Å²) >= 11 is 0. The van der Waals surface area contributed by atoms with E-state index >= 15 is 0 Å². The van der Waals surface area contributed by atoms with Crippen molar-refractivity contribution in [3.05, 3.63) is 0 Å². The smallest absolute Gasteiger partial charge is 0.335 e. The summed E-state index contributed by atoms with van der Waals surface area (Å²) < 4.78 is 43.3. The van der Waals surface area contributed by atoms with E-state index in [4.69, 9.17) is 9.47 Å². The van der Waals surface area contributed by atoms with Crippen molar-refractivity contribution in [1.29, 1.82) is 0 Å². The van der Waals surface area contributed by atoms with Crippen LogP contribution in [0.2, 0.25) is 0 Å². The average Bonchev–Trinajstić information content (AvgIpc) is 3.06. The number of nitrogens with one attached hydrogen (secondary N) is 1. The second kappa shape index (κ2) is 12.9. The third-order valence-corrected chi connectivity index (χ3v) is 6.71. The van der Waals surface area contributed by atoms with Crippen LogP contribution in [0.3, 0.4) is 0 Å². The number of carbonyl (C=O) groups is 5. The Hall–Kier alpha value is -2.42. The number of ether oxygens (including phenoxy) is 2. The van der Waals surface area contributed by atoms with E-state index in [1.165, 1.54) is 0 Å². The Labute approximate surface area is 197 Å². The Kier molecular flexibility index (Phi) is 10.5.